The first-order chi connectivity index (χ1) is 14.4. The lowest BCUT2D eigenvalue weighted by Gasteiger charge is -2.07. The highest BCUT2D eigenvalue weighted by atomic mass is 35.5. The van der Waals surface area contributed by atoms with Gasteiger partial charge >= 0.3 is 0 Å². The van der Waals surface area contributed by atoms with Crippen LogP contribution in [0.25, 0.3) is 11.2 Å². The lowest BCUT2D eigenvalue weighted by molar-refractivity contribution is -0.116. The standard InChI is InChI=1S/C19H13ClF2N6O2/c20-12-1-3-15(4-2-12)24-16(29)9-27-10-23-18-17(19(27)30)25-26-28(18)8-11-5-13(21)7-14(22)6-11/h1-7,10H,8-9H2,(H,24,29). The van der Waals surface area contributed by atoms with Crippen molar-refractivity contribution in [3.05, 3.63) is 81.4 Å². The number of rotatable bonds is 5. The molecule has 1 N–H and O–H groups in total. The van der Waals surface area contributed by atoms with Gasteiger partial charge in [0, 0.05) is 16.8 Å². The molecule has 0 saturated heterocycles. The van der Waals surface area contributed by atoms with E-state index in [2.05, 4.69) is 20.6 Å². The molecule has 0 saturated carbocycles. The molecule has 30 heavy (non-hydrogen) atoms. The molecule has 2 aromatic carbocycles. The first kappa shape index (κ1) is 19.6. The molecule has 152 valence electrons. The number of amides is 1. The van der Waals surface area contributed by atoms with E-state index in [1.165, 1.54) is 11.0 Å². The van der Waals surface area contributed by atoms with E-state index in [-0.39, 0.29) is 24.3 Å². The Kier molecular flexibility index (Phi) is 5.23. The van der Waals surface area contributed by atoms with Crippen LogP contribution in [-0.2, 0) is 17.9 Å². The van der Waals surface area contributed by atoms with Crippen LogP contribution in [0.5, 0.6) is 0 Å². The molecular weight excluding hydrogens is 418 g/mol. The summed E-state index contributed by atoms with van der Waals surface area (Å²) in [5.41, 5.74) is 0.336. The smallest absolute Gasteiger partial charge is 0.283 e. The maximum absolute atomic E-state index is 13.4. The van der Waals surface area contributed by atoms with Crippen LogP contribution in [-0.4, -0.2) is 30.5 Å². The maximum Gasteiger partial charge on any atom is 0.283 e. The second-order valence-electron chi connectivity index (χ2n) is 6.43. The summed E-state index contributed by atoms with van der Waals surface area (Å²) in [6.07, 6.45) is 1.19. The minimum atomic E-state index is -0.726. The highest BCUT2D eigenvalue weighted by Crippen LogP contribution is 2.14. The summed E-state index contributed by atoms with van der Waals surface area (Å²) in [6, 6.07) is 9.57. The van der Waals surface area contributed by atoms with Crippen molar-refractivity contribution < 1.29 is 13.6 Å². The Bertz CT molecular complexity index is 1280. The normalized spacial score (nSPS) is 11.0. The fraction of sp³-hybridized carbons (Fsp3) is 0.105. The number of nitrogens with zero attached hydrogens (tertiary/aromatic N) is 5. The summed E-state index contributed by atoms with van der Waals surface area (Å²) in [7, 11) is 0. The van der Waals surface area contributed by atoms with Crippen LogP contribution in [0.15, 0.2) is 53.6 Å². The molecule has 4 rings (SSSR count). The van der Waals surface area contributed by atoms with Gasteiger partial charge in [-0.3, -0.25) is 14.2 Å². The molecule has 0 aliphatic rings. The Morgan fingerprint density at radius 3 is 2.50 bits per heavy atom. The van der Waals surface area contributed by atoms with Gasteiger partial charge in [0.25, 0.3) is 5.56 Å². The molecule has 0 unspecified atom stereocenters. The number of hydrogen-bond acceptors (Lipinski definition) is 5. The van der Waals surface area contributed by atoms with Crippen molar-refractivity contribution in [1.29, 1.82) is 0 Å². The number of anilines is 1. The first-order valence-corrected chi connectivity index (χ1v) is 9.06. The molecule has 0 spiro atoms. The van der Waals surface area contributed by atoms with Crippen molar-refractivity contribution in [3.63, 3.8) is 0 Å². The molecule has 0 atom stereocenters. The van der Waals surface area contributed by atoms with E-state index >= 15 is 0 Å². The van der Waals surface area contributed by atoms with E-state index in [0.717, 1.165) is 22.8 Å². The fourth-order valence-electron chi connectivity index (χ4n) is 2.87. The molecule has 0 radical (unpaired) electrons. The van der Waals surface area contributed by atoms with Crippen LogP contribution in [0, 0.1) is 11.6 Å². The Balaban J connectivity index is 1.55. The van der Waals surface area contributed by atoms with Crippen LogP contribution in [0.4, 0.5) is 14.5 Å². The van der Waals surface area contributed by atoms with E-state index in [4.69, 9.17) is 11.6 Å². The van der Waals surface area contributed by atoms with Crippen molar-refractivity contribution in [2.24, 2.45) is 0 Å². The fourth-order valence-corrected chi connectivity index (χ4v) is 3.00. The second-order valence-corrected chi connectivity index (χ2v) is 6.87. The third kappa shape index (κ3) is 4.18. The summed E-state index contributed by atoms with van der Waals surface area (Å²) in [4.78, 5) is 29.0. The van der Waals surface area contributed by atoms with Gasteiger partial charge in [-0.05, 0) is 42.0 Å². The molecule has 4 aromatic rings. The largest absolute Gasteiger partial charge is 0.325 e. The number of halogens is 3. The molecule has 0 fully saturated rings. The van der Waals surface area contributed by atoms with Gasteiger partial charge in [-0.15, -0.1) is 5.10 Å². The average Bonchev–Trinajstić information content (AvgIpc) is 3.08. The highest BCUT2D eigenvalue weighted by molar-refractivity contribution is 6.30. The van der Waals surface area contributed by atoms with E-state index in [1.807, 2.05) is 0 Å². The van der Waals surface area contributed by atoms with Gasteiger partial charge in [0.1, 0.15) is 24.5 Å². The summed E-state index contributed by atoms with van der Waals surface area (Å²) in [5, 5.41) is 10.8. The van der Waals surface area contributed by atoms with Gasteiger partial charge in [0.15, 0.2) is 11.2 Å². The number of fused-ring (bicyclic) bond motifs is 1. The zero-order valence-corrected chi connectivity index (χ0v) is 16.0. The minimum Gasteiger partial charge on any atom is -0.325 e. The van der Waals surface area contributed by atoms with Crippen molar-refractivity contribution in [1.82, 2.24) is 24.5 Å². The molecule has 1 amide bonds. The van der Waals surface area contributed by atoms with Gasteiger partial charge in [0.05, 0.1) is 6.54 Å². The SMILES string of the molecule is O=C(Cn1cnc2c(nnn2Cc2cc(F)cc(F)c2)c1=O)Nc1ccc(Cl)cc1. The predicted molar refractivity (Wildman–Crippen MR) is 105 cm³/mol. The van der Waals surface area contributed by atoms with E-state index < -0.39 is 23.1 Å². The number of benzene rings is 2. The molecule has 2 aromatic heterocycles. The molecular formula is C19H13ClF2N6O2. The van der Waals surface area contributed by atoms with Gasteiger partial charge in [-0.1, -0.05) is 16.8 Å². The Morgan fingerprint density at radius 2 is 1.80 bits per heavy atom. The van der Waals surface area contributed by atoms with E-state index in [9.17, 15) is 18.4 Å². The molecule has 2 heterocycles. The Hall–Kier alpha value is -3.66. The summed E-state index contributed by atoms with van der Waals surface area (Å²) in [6.45, 7) is -0.314. The average molecular weight is 431 g/mol. The first-order valence-electron chi connectivity index (χ1n) is 8.68. The summed E-state index contributed by atoms with van der Waals surface area (Å²) in [5.74, 6) is -1.89. The second kappa shape index (κ2) is 7.99. The Morgan fingerprint density at radius 1 is 1.10 bits per heavy atom. The van der Waals surface area contributed by atoms with E-state index in [0.29, 0.717) is 16.3 Å². The van der Waals surface area contributed by atoms with E-state index in [1.54, 1.807) is 24.3 Å². The number of nitrogens with one attached hydrogen (secondary N) is 1. The zero-order valence-electron chi connectivity index (χ0n) is 15.2. The molecule has 8 nitrogen and oxygen atoms in total. The number of hydrogen-bond donors (Lipinski definition) is 1. The topological polar surface area (TPSA) is 94.7 Å². The van der Waals surface area contributed by atoms with Crippen molar-refractivity contribution >= 4 is 34.4 Å². The van der Waals surface area contributed by atoms with Crippen LogP contribution in [0.3, 0.4) is 0 Å². The third-order valence-corrected chi connectivity index (χ3v) is 4.44. The van der Waals surface area contributed by atoms with Gasteiger partial charge < -0.3 is 5.32 Å². The van der Waals surface area contributed by atoms with Crippen LogP contribution in [0.2, 0.25) is 5.02 Å². The van der Waals surface area contributed by atoms with Gasteiger partial charge in [-0.25, -0.2) is 18.4 Å². The van der Waals surface area contributed by atoms with Crippen LogP contribution >= 0.6 is 11.6 Å². The number of carbonyl (C=O) groups is 1. The molecule has 11 heteroatoms. The highest BCUT2D eigenvalue weighted by Gasteiger charge is 2.15. The van der Waals surface area contributed by atoms with Crippen molar-refractivity contribution in [3.8, 4) is 0 Å². The molecule has 0 aliphatic carbocycles. The van der Waals surface area contributed by atoms with Crippen LogP contribution in [0.1, 0.15) is 5.56 Å². The van der Waals surface area contributed by atoms with Gasteiger partial charge in [0.2, 0.25) is 5.91 Å². The third-order valence-electron chi connectivity index (χ3n) is 4.19. The molecule has 0 bridgehead atoms. The summed E-state index contributed by atoms with van der Waals surface area (Å²) < 4.78 is 29.1. The minimum absolute atomic E-state index is 0.0291. The maximum atomic E-state index is 13.4. The number of carbonyl (C=O) groups excluding carboxylic acids is 1. The quantitative estimate of drug-likeness (QED) is 0.525. The number of aromatic nitrogens is 5. The molecule has 0 aliphatic heterocycles. The lowest BCUT2D eigenvalue weighted by Crippen LogP contribution is -2.28. The predicted octanol–water partition coefficient (Wildman–Crippen LogP) is 2.61. The van der Waals surface area contributed by atoms with Crippen molar-refractivity contribution in [2.75, 3.05) is 5.32 Å². The lowest BCUT2D eigenvalue weighted by atomic mass is 10.2. The van der Waals surface area contributed by atoms with Gasteiger partial charge in [-0.2, -0.15) is 0 Å². The zero-order chi connectivity index (χ0) is 21.3. The van der Waals surface area contributed by atoms with Crippen molar-refractivity contribution in [2.45, 2.75) is 13.1 Å². The monoisotopic (exact) mass is 430 g/mol. The summed E-state index contributed by atoms with van der Waals surface area (Å²) >= 11 is 5.80. The Labute approximate surface area is 172 Å². The van der Waals surface area contributed by atoms with Crippen LogP contribution < -0.4 is 10.9 Å².